The van der Waals surface area contributed by atoms with Crippen LogP contribution in [-0.2, 0) is 4.74 Å². The van der Waals surface area contributed by atoms with E-state index in [4.69, 9.17) is 4.42 Å². The summed E-state index contributed by atoms with van der Waals surface area (Å²) in [5, 5.41) is 10.1. The van der Waals surface area contributed by atoms with Gasteiger partial charge in [-0.25, -0.2) is 4.79 Å². The zero-order chi connectivity index (χ0) is 13.1. The largest absolute Gasteiger partial charge is 0.463 e. The SMILES string of the molecule is COC(=O)c1ccc(C(O)c2cncc(Br)c2)o1. The van der Waals surface area contributed by atoms with Crippen LogP contribution < -0.4 is 0 Å². The Bertz CT molecular complexity index is 567. The van der Waals surface area contributed by atoms with Crippen molar-refractivity contribution in [3.8, 4) is 0 Å². The van der Waals surface area contributed by atoms with Gasteiger partial charge in [0.15, 0.2) is 0 Å². The van der Waals surface area contributed by atoms with Crippen LogP contribution in [0, 0.1) is 0 Å². The van der Waals surface area contributed by atoms with Gasteiger partial charge in [-0.1, -0.05) is 0 Å². The van der Waals surface area contributed by atoms with Crippen molar-refractivity contribution < 1.29 is 19.1 Å². The number of ether oxygens (including phenoxy) is 1. The average molecular weight is 312 g/mol. The molecule has 0 saturated carbocycles. The van der Waals surface area contributed by atoms with Gasteiger partial charge in [0.1, 0.15) is 11.9 Å². The number of nitrogens with zero attached hydrogens (tertiary/aromatic N) is 1. The summed E-state index contributed by atoms with van der Waals surface area (Å²) in [4.78, 5) is 15.2. The minimum absolute atomic E-state index is 0.0505. The fourth-order valence-electron chi connectivity index (χ4n) is 1.45. The number of aliphatic hydroxyl groups is 1. The topological polar surface area (TPSA) is 72.6 Å². The molecule has 2 heterocycles. The number of aliphatic hydroxyl groups excluding tert-OH is 1. The Labute approximate surface area is 112 Å². The highest BCUT2D eigenvalue weighted by Crippen LogP contribution is 2.25. The van der Waals surface area contributed by atoms with Crippen molar-refractivity contribution in [3.05, 3.63) is 52.1 Å². The summed E-state index contributed by atoms with van der Waals surface area (Å²) < 4.78 is 10.5. The molecule has 0 saturated heterocycles. The minimum atomic E-state index is -0.978. The standard InChI is InChI=1S/C12H10BrNO4/c1-17-12(16)10-3-2-9(18-10)11(15)7-4-8(13)6-14-5-7/h2-6,11,15H,1H3. The van der Waals surface area contributed by atoms with Crippen LogP contribution in [0.5, 0.6) is 0 Å². The summed E-state index contributed by atoms with van der Waals surface area (Å²) in [5.41, 5.74) is 0.565. The second kappa shape index (κ2) is 5.32. The van der Waals surface area contributed by atoms with Crippen LogP contribution in [0.3, 0.4) is 0 Å². The molecule has 0 aliphatic heterocycles. The summed E-state index contributed by atoms with van der Waals surface area (Å²) >= 11 is 3.26. The molecule has 6 heteroatoms. The highest BCUT2D eigenvalue weighted by molar-refractivity contribution is 9.10. The zero-order valence-corrected chi connectivity index (χ0v) is 11.0. The van der Waals surface area contributed by atoms with E-state index >= 15 is 0 Å². The molecule has 0 aromatic carbocycles. The maximum Gasteiger partial charge on any atom is 0.373 e. The molecule has 0 radical (unpaired) electrons. The Morgan fingerprint density at radius 2 is 2.28 bits per heavy atom. The fourth-order valence-corrected chi connectivity index (χ4v) is 1.83. The van der Waals surface area contributed by atoms with Gasteiger partial charge in [-0.05, 0) is 34.1 Å². The molecular weight excluding hydrogens is 302 g/mol. The van der Waals surface area contributed by atoms with Gasteiger partial charge in [0.05, 0.1) is 7.11 Å². The third-order valence-electron chi connectivity index (χ3n) is 2.32. The summed E-state index contributed by atoms with van der Waals surface area (Å²) in [7, 11) is 1.26. The zero-order valence-electron chi connectivity index (χ0n) is 9.46. The van der Waals surface area contributed by atoms with Gasteiger partial charge in [0.2, 0.25) is 5.76 Å². The molecule has 5 nitrogen and oxygen atoms in total. The minimum Gasteiger partial charge on any atom is -0.463 e. The van der Waals surface area contributed by atoms with E-state index in [-0.39, 0.29) is 11.5 Å². The molecule has 18 heavy (non-hydrogen) atoms. The molecule has 0 spiro atoms. The van der Waals surface area contributed by atoms with Gasteiger partial charge in [0.25, 0.3) is 0 Å². The number of carbonyl (C=O) groups excluding carboxylic acids is 1. The first-order valence-corrected chi connectivity index (χ1v) is 5.87. The van der Waals surface area contributed by atoms with Crippen LogP contribution in [0.15, 0.2) is 39.5 Å². The first-order chi connectivity index (χ1) is 8.61. The van der Waals surface area contributed by atoms with Crippen LogP contribution in [-0.4, -0.2) is 23.2 Å². The molecule has 0 aliphatic carbocycles. The van der Waals surface area contributed by atoms with Crippen LogP contribution in [0.1, 0.15) is 28.0 Å². The Kier molecular flexibility index (Phi) is 3.78. The monoisotopic (exact) mass is 311 g/mol. The predicted octanol–water partition coefficient (Wildman–Crippen LogP) is 2.31. The number of pyridine rings is 1. The lowest BCUT2D eigenvalue weighted by molar-refractivity contribution is 0.0558. The number of rotatable bonds is 3. The normalized spacial score (nSPS) is 12.2. The van der Waals surface area contributed by atoms with E-state index in [0.29, 0.717) is 5.56 Å². The number of furan rings is 1. The first-order valence-electron chi connectivity index (χ1n) is 5.08. The van der Waals surface area contributed by atoms with E-state index in [0.717, 1.165) is 4.47 Å². The molecule has 0 fully saturated rings. The maximum absolute atomic E-state index is 11.2. The summed E-state index contributed by atoms with van der Waals surface area (Å²) in [6, 6.07) is 4.70. The van der Waals surface area contributed by atoms with Crippen LogP contribution in [0.4, 0.5) is 0 Å². The van der Waals surface area contributed by atoms with Crippen molar-refractivity contribution >= 4 is 21.9 Å². The number of halogens is 1. The molecule has 0 amide bonds. The summed E-state index contributed by atoms with van der Waals surface area (Å²) in [6.07, 6.45) is 2.15. The van der Waals surface area contributed by atoms with E-state index in [1.807, 2.05) is 0 Å². The maximum atomic E-state index is 11.2. The van der Waals surface area contributed by atoms with Crippen molar-refractivity contribution in [2.45, 2.75) is 6.10 Å². The molecule has 94 valence electrons. The lowest BCUT2D eigenvalue weighted by Crippen LogP contribution is -2.00. The number of esters is 1. The van der Waals surface area contributed by atoms with Crippen molar-refractivity contribution in [3.63, 3.8) is 0 Å². The molecule has 2 aromatic rings. The smallest absolute Gasteiger partial charge is 0.373 e. The number of carbonyl (C=O) groups is 1. The van der Waals surface area contributed by atoms with Crippen molar-refractivity contribution in [1.29, 1.82) is 0 Å². The van der Waals surface area contributed by atoms with Crippen molar-refractivity contribution in [2.24, 2.45) is 0 Å². The Morgan fingerprint density at radius 1 is 1.50 bits per heavy atom. The van der Waals surface area contributed by atoms with Gasteiger partial charge in [-0.3, -0.25) is 4.98 Å². The number of hydrogen-bond donors (Lipinski definition) is 1. The van der Waals surface area contributed by atoms with E-state index in [1.54, 1.807) is 12.3 Å². The molecule has 1 N–H and O–H groups in total. The molecule has 1 unspecified atom stereocenters. The number of methoxy groups -OCH3 is 1. The molecule has 2 aromatic heterocycles. The van der Waals surface area contributed by atoms with E-state index < -0.39 is 12.1 Å². The number of aromatic nitrogens is 1. The average Bonchev–Trinajstić information content (AvgIpc) is 2.86. The molecule has 0 aliphatic rings. The van der Waals surface area contributed by atoms with Crippen LogP contribution in [0.2, 0.25) is 0 Å². The van der Waals surface area contributed by atoms with Gasteiger partial charge in [-0.15, -0.1) is 0 Å². The van der Waals surface area contributed by atoms with Gasteiger partial charge < -0.3 is 14.3 Å². The van der Waals surface area contributed by atoms with Crippen LogP contribution >= 0.6 is 15.9 Å². The number of hydrogen-bond acceptors (Lipinski definition) is 5. The lowest BCUT2D eigenvalue weighted by atomic mass is 10.1. The Balaban J connectivity index is 2.26. The van der Waals surface area contributed by atoms with Crippen LogP contribution in [0.25, 0.3) is 0 Å². The lowest BCUT2D eigenvalue weighted by Gasteiger charge is -2.07. The summed E-state index contributed by atoms with van der Waals surface area (Å²) in [6.45, 7) is 0. The third kappa shape index (κ3) is 2.60. The second-order valence-electron chi connectivity index (χ2n) is 3.53. The predicted molar refractivity (Wildman–Crippen MR) is 66.0 cm³/mol. The second-order valence-corrected chi connectivity index (χ2v) is 4.45. The molecule has 2 rings (SSSR count). The molecular formula is C12H10BrNO4. The first kappa shape index (κ1) is 12.8. The fraction of sp³-hybridized carbons (Fsp3) is 0.167. The van der Waals surface area contributed by atoms with Crippen molar-refractivity contribution in [1.82, 2.24) is 4.98 Å². The quantitative estimate of drug-likeness (QED) is 0.881. The Hall–Kier alpha value is -1.66. The molecule has 1 atom stereocenters. The van der Waals surface area contributed by atoms with E-state index in [1.165, 1.54) is 25.4 Å². The van der Waals surface area contributed by atoms with Gasteiger partial charge in [-0.2, -0.15) is 0 Å². The third-order valence-corrected chi connectivity index (χ3v) is 2.76. The van der Waals surface area contributed by atoms with E-state index in [2.05, 4.69) is 25.7 Å². The highest BCUT2D eigenvalue weighted by atomic mass is 79.9. The summed E-state index contributed by atoms with van der Waals surface area (Å²) in [5.74, 6) is -0.273. The Morgan fingerprint density at radius 3 is 2.94 bits per heavy atom. The van der Waals surface area contributed by atoms with Gasteiger partial charge >= 0.3 is 5.97 Å². The van der Waals surface area contributed by atoms with Crippen molar-refractivity contribution in [2.75, 3.05) is 7.11 Å². The highest BCUT2D eigenvalue weighted by Gasteiger charge is 2.18. The van der Waals surface area contributed by atoms with Gasteiger partial charge in [0, 0.05) is 22.4 Å². The molecule has 0 bridgehead atoms. The van der Waals surface area contributed by atoms with E-state index in [9.17, 15) is 9.90 Å².